The van der Waals surface area contributed by atoms with Gasteiger partial charge in [-0.25, -0.2) is 0 Å². The van der Waals surface area contributed by atoms with Crippen molar-refractivity contribution < 1.29 is 9.53 Å². The first-order valence-corrected chi connectivity index (χ1v) is 8.01. The van der Waals surface area contributed by atoms with E-state index >= 15 is 0 Å². The van der Waals surface area contributed by atoms with E-state index in [0.717, 1.165) is 29.9 Å². The van der Waals surface area contributed by atoms with Crippen molar-refractivity contribution in [3.63, 3.8) is 0 Å². The number of nitrogen functional groups attached to an aromatic ring is 1. The van der Waals surface area contributed by atoms with E-state index in [4.69, 9.17) is 10.5 Å². The van der Waals surface area contributed by atoms with E-state index in [2.05, 4.69) is 12.2 Å². The molecule has 0 saturated carbocycles. The highest BCUT2D eigenvalue weighted by Crippen LogP contribution is 2.30. The number of nitrogens with two attached hydrogens (primary N) is 1. The van der Waals surface area contributed by atoms with E-state index in [9.17, 15) is 4.79 Å². The van der Waals surface area contributed by atoms with Gasteiger partial charge in [-0.15, -0.1) is 11.8 Å². The van der Waals surface area contributed by atoms with Crippen molar-refractivity contribution in [1.29, 1.82) is 0 Å². The summed E-state index contributed by atoms with van der Waals surface area (Å²) in [5, 5.41) is 2.91. The SMILES string of the molecule is CCCSc1ccc(N)c(NC(=O)C2(C)CCCO2)c1. The summed E-state index contributed by atoms with van der Waals surface area (Å²) in [6, 6.07) is 5.76. The maximum atomic E-state index is 12.3. The van der Waals surface area contributed by atoms with Crippen molar-refractivity contribution in [2.45, 2.75) is 43.6 Å². The summed E-state index contributed by atoms with van der Waals surface area (Å²) < 4.78 is 5.55. The van der Waals surface area contributed by atoms with Gasteiger partial charge in [0.2, 0.25) is 0 Å². The Kier molecular flexibility index (Phi) is 4.94. The minimum atomic E-state index is -0.723. The maximum absolute atomic E-state index is 12.3. The molecule has 1 unspecified atom stereocenters. The molecule has 3 N–H and O–H groups in total. The normalized spacial score (nSPS) is 21.9. The van der Waals surface area contributed by atoms with Gasteiger partial charge in [-0.1, -0.05) is 6.92 Å². The minimum Gasteiger partial charge on any atom is -0.397 e. The van der Waals surface area contributed by atoms with E-state index in [1.807, 2.05) is 25.1 Å². The van der Waals surface area contributed by atoms with Gasteiger partial charge >= 0.3 is 0 Å². The Labute approximate surface area is 124 Å². The zero-order valence-corrected chi connectivity index (χ0v) is 12.9. The number of amides is 1. The van der Waals surface area contributed by atoms with Gasteiger partial charge in [-0.2, -0.15) is 0 Å². The molecule has 2 rings (SSSR count). The van der Waals surface area contributed by atoms with Crippen LogP contribution in [0.5, 0.6) is 0 Å². The number of ether oxygens (including phenoxy) is 1. The molecular weight excluding hydrogens is 272 g/mol. The van der Waals surface area contributed by atoms with Gasteiger partial charge in [0.25, 0.3) is 5.91 Å². The third kappa shape index (κ3) is 3.46. The fourth-order valence-electron chi connectivity index (χ4n) is 2.17. The van der Waals surface area contributed by atoms with Gasteiger partial charge in [0.15, 0.2) is 0 Å². The van der Waals surface area contributed by atoms with Gasteiger partial charge in [0.05, 0.1) is 11.4 Å². The summed E-state index contributed by atoms with van der Waals surface area (Å²) in [5.41, 5.74) is 6.48. The Bertz CT molecular complexity index is 485. The molecule has 20 heavy (non-hydrogen) atoms. The number of benzene rings is 1. The van der Waals surface area contributed by atoms with Crippen LogP contribution in [0.1, 0.15) is 33.1 Å². The fraction of sp³-hybridized carbons (Fsp3) is 0.533. The molecule has 1 aromatic rings. The second kappa shape index (κ2) is 6.50. The maximum Gasteiger partial charge on any atom is 0.256 e. The first-order valence-electron chi connectivity index (χ1n) is 7.03. The van der Waals surface area contributed by atoms with Crippen LogP contribution in [0.2, 0.25) is 0 Å². The lowest BCUT2D eigenvalue weighted by molar-refractivity contribution is -0.133. The minimum absolute atomic E-state index is 0.112. The number of hydrogen-bond acceptors (Lipinski definition) is 4. The van der Waals surface area contributed by atoms with E-state index in [1.54, 1.807) is 11.8 Å². The highest BCUT2D eigenvalue weighted by molar-refractivity contribution is 7.99. The van der Waals surface area contributed by atoms with Crippen LogP contribution in [0.3, 0.4) is 0 Å². The molecule has 1 heterocycles. The first kappa shape index (κ1) is 15.2. The van der Waals surface area contributed by atoms with Crippen molar-refractivity contribution in [2.75, 3.05) is 23.4 Å². The van der Waals surface area contributed by atoms with Gasteiger partial charge < -0.3 is 15.8 Å². The largest absolute Gasteiger partial charge is 0.397 e. The van der Waals surface area contributed by atoms with Crippen LogP contribution in [0.4, 0.5) is 11.4 Å². The number of carbonyl (C=O) groups excluding carboxylic acids is 1. The van der Waals surface area contributed by atoms with Crippen molar-refractivity contribution in [2.24, 2.45) is 0 Å². The van der Waals surface area contributed by atoms with E-state index < -0.39 is 5.60 Å². The molecule has 0 spiro atoms. The smallest absolute Gasteiger partial charge is 0.256 e. The molecule has 1 amide bonds. The predicted molar refractivity (Wildman–Crippen MR) is 84.1 cm³/mol. The molecule has 1 fully saturated rings. The van der Waals surface area contributed by atoms with Crippen LogP contribution in [-0.4, -0.2) is 23.9 Å². The van der Waals surface area contributed by atoms with E-state index in [-0.39, 0.29) is 5.91 Å². The van der Waals surface area contributed by atoms with Crippen molar-refractivity contribution in [1.82, 2.24) is 0 Å². The van der Waals surface area contributed by atoms with Gasteiger partial charge in [0.1, 0.15) is 5.60 Å². The highest BCUT2D eigenvalue weighted by Gasteiger charge is 2.37. The van der Waals surface area contributed by atoms with Crippen LogP contribution in [-0.2, 0) is 9.53 Å². The average molecular weight is 294 g/mol. The Morgan fingerprint density at radius 2 is 2.35 bits per heavy atom. The Balaban J connectivity index is 2.09. The van der Waals surface area contributed by atoms with Crippen molar-refractivity contribution >= 4 is 29.0 Å². The van der Waals surface area contributed by atoms with Crippen molar-refractivity contribution in [3.8, 4) is 0 Å². The number of thioether (sulfide) groups is 1. The highest BCUT2D eigenvalue weighted by atomic mass is 32.2. The number of hydrogen-bond donors (Lipinski definition) is 2. The van der Waals surface area contributed by atoms with Crippen LogP contribution in [0, 0.1) is 0 Å². The lowest BCUT2D eigenvalue weighted by atomic mass is 10.0. The summed E-state index contributed by atoms with van der Waals surface area (Å²) in [4.78, 5) is 13.4. The van der Waals surface area contributed by atoms with E-state index in [1.165, 1.54) is 0 Å². The Hall–Kier alpha value is -1.20. The molecule has 110 valence electrons. The molecule has 1 aliphatic rings. The molecule has 1 saturated heterocycles. The zero-order valence-electron chi connectivity index (χ0n) is 12.1. The number of nitrogens with one attached hydrogen (secondary N) is 1. The first-order chi connectivity index (χ1) is 9.55. The second-order valence-corrected chi connectivity index (χ2v) is 6.40. The summed E-state index contributed by atoms with van der Waals surface area (Å²) in [5.74, 6) is 0.942. The third-order valence-electron chi connectivity index (χ3n) is 3.44. The Morgan fingerprint density at radius 1 is 1.55 bits per heavy atom. The van der Waals surface area contributed by atoms with Crippen molar-refractivity contribution in [3.05, 3.63) is 18.2 Å². The fourth-order valence-corrected chi connectivity index (χ4v) is 2.97. The molecule has 4 nitrogen and oxygen atoms in total. The molecule has 0 bridgehead atoms. The van der Waals surface area contributed by atoms with Gasteiger partial charge in [-0.3, -0.25) is 4.79 Å². The lowest BCUT2D eigenvalue weighted by Gasteiger charge is -2.22. The molecule has 1 atom stereocenters. The number of rotatable bonds is 5. The standard InChI is InChI=1S/C15H22N2O2S/c1-3-9-20-11-5-6-12(16)13(10-11)17-14(18)15(2)7-4-8-19-15/h5-6,10H,3-4,7-9,16H2,1-2H3,(H,17,18). The molecular formula is C15H22N2O2S. The predicted octanol–water partition coefficient (Wildman–Crippen LogP) is 3.28. The van der Waals surface area contributed by atoms with Gasteiger partial charge in [-0.05, 0) is 50.1 Å². The van der Waals surface area contributed by atoms with E-state index in [0.29, 0.717) is 18.0 Å². The monoisotopic (exact) mass is 294 g/mol. The summed E-state index contributed by atoms with van der Waals surface area (Å²) in [6.45, 7) is 4.62. The van der Waals surface area contributed by atoms with Crippen LogP contribution >= 0.6 is 11.8 Å². The van der Waals surface area contributed by atoms with Crippen LogP contribution in [0.15, 0.2) is 23.1 Å². The molecule has 1 aromatic carbocycles. The quantitative estimate of drug-likeness (QED) is 0.646. The van der Waals surface area contributed by atoms with Crippen LogP contribution < -0.4 is 11.1 Å². The third-order valence-corrected chi connectivity index (χ3v) is 4.64. The molecule has 0 aliphatic carbocycles. The second-order valence-electron chi connectivity index (χ2n) is 5.23. The summed E-state index contributed by atoms with van der Waals surface area (Å²) in [6.07, 6.45) is 2.79. The number of carbonyl (C=O) groups is 1. The molecule has 1 aliphatic heterocycles. The van der Waals surface area contributed by atoms with Crippen LogP contribution in [0.25, 0.3) is 0 Å². The topological polar surface area (TPSA) is 64.3 Å². The Morgan fingerprint density at radius 3 is 3.00 bits per heavy atom. The average Bonchev–Trinajstić information content (AvgIpc) is 2.88. The summed E-state index contributed by atoms with van der Waals surface area (Å²) in [7, 11) is 0. The van der Waals surface area contributed by atoms with Gasteiger partial charge in [0, 0.05) is 11.5 Å². The molecule has 0 radical (unpaired) electrons. The zero-order chi connectivity index (χ0) is 14.6. The summed E-state index contributed by atoms with van der Waals surface area (Å²) >= 11 is 1.76. The lowest BCUT2D eigenvalue weighted by Crippen LogP contribution is -2.39. The molecule has 0 aromatic heterocycles. The number of anilines is 2. The molecule has 5 heteroatoms.